The quantitative estimate of drug-likeness (QED) is 0.328. The van der Waals surface area contributed by atoms with Crippen molar-refractivity contribution in [3.8, 4) is 0 Å². The summed E-state index contributed by atoms with van der Waals surface area (Å²) in [6.45, 7) is 7.88. The number of rotatable bonds is 10. The average molecular weight is 672 g/mol. The molecular formula is C29H36F3N5O6S2. The summed E-state index contributed by atoms with van der Waals surface area (Å²) >= 11 is 0.766. The number of piperidine rings is 1. The number of ketones is 1. The molecule has 1 aromatic heterocycles. The van der Waals surface area contributed by atoms with Crippen molar-refractivity contribution in [2.45, 2.75) is 64.8 Å². The molecule has 45 heavy (non-hydrogen) atoms. The number of carbonyl (C=O) groups is 4. The number of fused-ring (bicyclic) bond motifs is 2. The van der Waals surface area contributed by atoms with Crippen molar-refractivity contribution < 1.29 is 40.8 Å². The van der Waals surface area contributed by atoms with Gasteiger partial charge in [-0.3, -0.25) is 19.2 Å². The lowest BCUT2D eigenvalue weighted by Gasteiger charge is -2.34. The third kappa shape index (κ3) is 6.45. The molecular weight excluding hydrogens is 635 g/mol. The molecule has 16 heteroatoms. The van der Waals surface area contributed by atoms with Crippen LogP contribution in [0, 0.1) is 29.1 Å². The van der Waals surface area contributed by atoms with E-state index in [0.717, 1.165) is 23.7 Å². The molecule has 5 rings (SSSR count). The van der Waals surface area contributed by atoms with Crippen LogP contribution in [0.3, 0.4) is 0 Å². The summed E-state index contributed by atoms with van der Waals surface area (Å²) in [7, 11) is -3.77. The van der Waals surface area contributed by atoms with Gasteiger partial charge in [0, 0.05) is 19.0 Å². The number of hydrogen-bond acceptors (Lipinski definition) is 8. The Balaban J connectivity index is 1.46. The van der Waals surface area contributed by atoms with Crippen LogP contribution >= 0.6 is 11.3 Å². The number of hydrogen-bond donors (Lipinski definition) is 3. The Labute approximate surface area is 262 Å². The molecule has 3 aliphatic rings. The first-order chi connectivity index (χ1) is 20.8. The number of halogens is 3. The Morgan fingerprint density at radius 3 is 2.49 bits per heavy atom. The number of amides is 3. The van der Waals surface area contributed by atoms with Crippen LogP contribution in [0.15, 0.2) is 18.2 Å². The van der Waals surface area contributed by atoms with Crippen molar-refractivity contribution in [3.63, 3.8) is 0 Å². The Morgan fingerprint density at radius 2 is 1.91 bits per heavy atom. The number of likely N-dealkylation sites (tertiary alicyclic amines) is 1. The van der Waals surface area contributed by atoms with E-state index in [1.54, 1.807) is 13.8 Å². The van der Waals surface area contributed by atoms with E-state index in [1.165, 1.54) is 17.0 Å². The molecule has 0 radical (unpaired) electrons. The zero-order valence-corrected chi connectivity index (χ0v) is 27.0. The van der Waals surface area contributed by atoms with E-state index in [-0.39, 0.29) is 51.3 Å². The van der Waals surface area contributed by atoms with Crippen molar-refractivity contribution in [1.29, 1.82) is 0 Å². The Morgan fingerprint density at radius 1 is 1.22 bits per heavy atom. The molecule has 3 N–H and O–H groups in total. The number of para-hydroxylation sites is 1. The maximum absolute atomic E-state index is 14.1. The van der Waals surface area contributed by atoms with Gasteiger partial charge in [-0.05, 0) is 48.1 Å². The maximum atomic E-state index is 14.1. The number of aromatic nitrogens is 1. The first-order valence-electron chi connectivity index (χ1n) is 14.7. The van der Waals surface area contributed by atoms with Crippen molar-refractivity contribution >= 4 is 55.1 Å². The molecule has 1 saturated carbocycles. The lowest BCUT2D eigenvalue weighted by Crippen LogP contribution is -2.58. The van der Waals surface area contributed by atoms with Crippen LogP contribution in [0.1, 0.15) is 55.9 Å². The largest absolute Gasteiger partial charge is 0.418 e. The summed E-state index contributed by atoms with van der Waals surface area (Å²) < 4.78 is 67.6. The van der Waals surface area contributed by atoms with Gasteiger partial charge in [-0.2, -0.15) is 13.2 Å². The summed E-state index contributed by atoms with van der Waals surface area (Å²) in [5.41, 5.74) is -1.67. The van der Waals surface area contributed by atoms with Crippen LogP contribution < -0.4 is 15.4 Å². The van der Waals surface area contributed by atoms with Crippen molar-refractivity contribution in [3.05, 3.63) is 28.8 Å². The highest BCUT2D eigenvalue weighted by atomic mass is 32.2. The van der Waals surface area contributed by atoms with Crippen LogP contribution in [-0.2, 0) is 30.6 Å². The lowest BCUT2D eigenvalue weighted by atomic mass is 9.94. The van der Waals surface area contributed by atoms with Gasteiger partial charge in [-0.25, -0.2) is 18.1 Å². The second-order valence-corrected chi connectivity index (χ2v) is 15.9. The zero-order chi connectivity index (χ0) is 33.2. The van der Waals surface area contributed by atoms with Gasteiger partial charge in [0.25, 0.3) is 0 Å². The smallest absolute Gasteiger partial charge is 0.356 e. The number of nitrogens with zero attached hydrogens (tertiary/aromatic N) is 2. The Bertz CT molecular complexity index is 1660. The SMILES string of the molecule is CC(C)[C@H](NS(C)(=O)=O)C(=O)N1C[C@H]2[C@@H]([C@H]1C(=O)N[C@@H](C[C@@H]1CCNC1=O)C(=O)c1nc3c(C(F)(F)F)cccc3s1)C2(C)C. The second-order valence-electron chi connectivity index (χ2n) is 13.1. The fourth-order valence-corrected chi connectivity index (χ4v) is 8.59. The fraction of sp³-hybridized carbons (Fsp3) is 0.621. The fourth-order valence-electron chi connectivity index (χ4n) is 6.77. The van der Waals surface area contributed by atoms with Gasteiger partial charge in [0.05, 0.1) is 28.1 Å². The van der Waals surface area contributed by atoms with Crippen LogP contribution in [-0.4, -0.2) is 79.3 Å². The number of nitrogens with one attached hydrogen (secondary N) is 3. The van der Waals surface area contributed by atoms with Gasteiger partial charge in [0.1, 0.15) is 12.1 Å². The molecule has 11 nitrogen and oxygen atoms in total. The maximum Gasteiger partial charge on any atom is 0.418 e. The van der Waals surface area contributed by atoms with Crippen LogP contribution in [0.2, 0.25) is 0 Å². The van der Waals surface area contributed by atoms with Crippen molar-refractivity contribution in [2.24, 2.45) is 29.1 Å². The molecule has 3 heterocycles. The Hall–Kier alpha value is -3.11. The molecule has 3 fully saturated rings. The van der Waals surface area contributed by atoms with Gasteiger partial charge in [-0.15, -0.1) is 11.3 Å². The van der Waals surface area contributed by atoms with Crippen molar-refractivity contribution in [1.82, 2.24) is 25.2 Å². The van der Waals surface area contributed by atoms with E-state index in [9.17, 15) is 40.8 Å². The van der Waals surface area contributed by atoms with E-state index in [2.05, 4.69) is 20.3 Å². The molecule has 2 aliphatic heterocycles. The van der Waals surface area contributed by atoms with Gasteiger partial charge in [0.15, 0.2) is 5.01 Å². The second kappa shape index (κ2) is 11.6. The zero-order valence-electron chi connectivity index (χ0n) is 25.4. The molecule has 1 aromatic carbocycles. The molecule has 3 amide bonds. The summed E-state index contributed by atoms with van der Waals surface area (Å²) in [6, 6.07) is 0.0584. The van der Waals surface area contributed by atoms with Gasteiger partial charge < -0.3 is 15.5 Å². The van der Waals surface area contributed by atoms with Crippen LogP contribution in [0.25, 0.3) is 10.2 Å². The summed E-state index contributed by atoms with van der Waals surface area (Å²) in [5.74, 6) is -3.64. The number of benzene rings is 1. The molecule has 246 valence electrons. The van der Waals surface area contributed by atoms with Crippen molar-refractivity contribution in [2.75, 3.05) is 19.3 Å². The molecule has 0 spiro atoms. The van der Waals surface area contributed by atoms with E-state index in [1.807, 2.05) is 13.8 Å². The summed E-state index contributed by atoms with van der Waals surface area (Å²) in [4.78, 5) is 59.5. The molecule has 2 aromatic rings. The number of sulfonamides is 1. The Kier molecular flexibility index (Phi) is 8.57. The molecule has 6 atom stereocenters. The average Bonchev–Trinajstić information content (AvgIpc) is 3.44. The highest BCUT2D eigenvalue weighted by Gasteiger charge is 2.69. The minimum atomic E-state index is -4.70. The topological polar surface area (TPSA) is 155 Å². The molecule has 0 bridgehead atoms. The first-order valence-corrected chi connectivity index (χ1v) is 17.4. The monoisotopic (exact) mass is 671 g/mol. The number of thiazole rings is 1. The van der Waals surface area contributed by atoms with Gasteiger partial charge in [0.2, 0.25) is 33.5 Å². The minimum Gasteiger partial charge on any atom is -0.356 e. The number of carbonyl (C=O) groups excluding carboxylic acids is 4. The number of alkyl halides is 3. The standard InChI is InChI=1S/C29H36F3N5O6S2/c1-13(2)20(36-45(5,42)43)27(41)37-12-16-19(28(16,3)4)22(37)25(40)34-17(11-14-9-10-33-24(14)39)23(38)26-35-21-15(29(30,31)32)7-6-8-18(21)44-26/h6-8,13-14,16-17,19-20,22,36H,9-12H2,1-5H3,(H,33,39)(H,34,40)/t14-,16-,17-,19-,20-,22-/m0/s1. The van der Waals surface area contributed by atoms with Crippen LogP contribution in [0.5, 0.6) is 0 Å². The van der Waals surface area contributed by atoms with Crippen LogP contribution in [0.4, 0.5) is 13.2 Å². The van der Waals surface area contributed by atoms with E-state index in [0.29, 0.717) is 13.0 Å². The lowest BCUT2D eigenvalue weighted by molar-refractivity contribution is -0.142. The van der Waals surface area contributed by atoms with E-state index >= 15 is 0 Å². The molecule has 0 unspecified atom stereocenters. The predicted molar refractivity (Wildman–Crippen MR) is 159 cm³/mol. The highest BCUT2D eigenvalue weighted by molar-refractivity contribution is 7.88. The predicted octanol–water partition coefficient (Wildman–Crippen LogP) is 2.57. The molecule has 2 saturated heterocycles. The highest BCUT2D eigenvalue weighted by Crippen LogP contribution is 2.65. The normalized spacial score (nSPS) is 25.6. The third-order valence-corrected chi connectivity index (χ3v) is 11.0. The molecule has 1 aliphatic carbocycles. The van der Waals surface area contributed by atoms with Gasteiger partial charge in [-0.1, -0.05) is 33.8 Å². The van der Waals surface area contributed by atoms with E-state index in [4.69, 9.17) is 0 Å². The van der Waals surface area contributed by atoms with Gasteiger partial charge >= 0.3 is 6.18 Å². The summed E-state index contributed by atoms with van der Waals surface area (Å²) in [6.07, 6.45) is -3.47. The van der Waals surface area contributed by atoms with E-state index < -0.39 is 69.3 Å². The minimum absolute atomic E-state index is 0.0388. The number of Topliss-reactive ketones (excluding diaryl/α,β-unsaturated/α-hetero) is 1. The first kappa shape index (κ1) is 33.3. The third-order valence-electron chi connectivity index (χ3n) is 9.29. The summed E-state index contributed by atoms with van der Waals surface area (Å²) in [5, 5.41) is 5.18.